The first-order valence-electron chi connectivity index (χ1n) is 16.4. The average Bonchev–Trinajstić information content (AvgIpc) is 3.67. The number of carbonyl (C=O) groups is 4. The third kappa shape index (κ3) is 8.47. The normalized spacial score (nSPS) is 18.7. The summed E-state index contributed by atoms with van der Waals surface area (Å²) in [7, 11) is 0. The summed E-state index contributed by atoms with van der Waals surface area (Å²) in [5.74, 6) is -0.153. The van der Waals surface area contributed by atoms with Crippen LogP contribution < -0.4 is 38.9 Å². The molecule has 0 unspecified atom stereocenters. The van der Waals surface area contributed by atoms with Crippen LogP contribution in [0.25, 0.3) is 0 Å². The number of carbonyl (C=O) groups excluding carboxylic acids is 4. The first-order chi connectivity index (χ1) is 24.1. The average molecular weight is 747 g/mol. The molecule has 4 aliphatic rings. The van der Waals surface area contributed by atoms with E-state index < -0.39 is 11.8 Å². The van der Waals surface area contributed by atoms with Gasteiger partial charge in [-0.2, -0.15) is 0 Å². The number of nitrogens with one attached hydrogen (secondary N) is 3. The minimum Gasteiger partial charge on any atom is -0.382 e. The van der Waals surface area contributed by atoms with Crippen molar-refractivity contribution in [3.8, 4) is 0 Å². The van der Waals surface area contributed by atoms with Crippen LogP contribution in [0.15, 0.2) is 9.98 Å². The van der Waals surface area contributed by atoms with Gasteiger partial charge in [0.25, 0.3) is 11.8 Å². The van der Waals surface area contributed by atoms with Crippen molar-refractivity contribution in [3.05, 3.63) is 21.7 Å². The molecule has 2 aromatic heterocycles. The monoisotopic (exact) mass is 745 g/mol. The first kappa shape index (κ1) is 37.2. The Bertz CT molecular complexity index is 1790. The van der Waals surface area contributed by atoms with E-state index in [4.69, 9.17) is 51.1 Å². The largest absolute Gasteiger partial charge is 0.382 e. The lowest BCUT2D eigenvalue weighted by Crippen LogP contribution is -2.56. The van der Waals surface area contributed by atoms with Crippen LogP contribution in [0.2, 0.25) is 10.3 Å². The van der Waals surface area contributed by atoms with Crippen LogP contribution in [0.1, 0.15) is 79.8 Å². The molecule has 2 spiro atoms. The maximum atomic E-state index is 12.4. The van der Waals surface area contributed by atoms with Gasteiger partial charge in [-0.3, -0.25) is 34.5 Å². The Morgan fingerprint density at radius 1 is 0.765 bits per heavy atom. The van der Waals surface area contributed by atoms with Crippen molar-refractivity contribution in [2.75, 3.05) is 55.7 Å². The van der Waals surface area contributed by atoms with Gasteiger partial charge in [0.1, 0.15) is 5.84 Å². The Morgan fingerprint density at radius 2 is 1.29 bits per heavy atom. The molecule has 4 aliphatic heterocycles. The van der Waals surface area contributed by atoms with E-state index in [2.05, 4.69) is 40.9 Å². The molecular formula is C30H41Cl2N15O4. The number of guanidine groups is 1. The second-order valence-corrected chi connectivity index (χ2v) is 13.5. The van der Waals surface area contributed by atoms with Crippen molar-refractivity contribution in [2.45, 2.75) is 69.9 Å². The molecule has 0 bridgehead atoms. The van der Waals surface area contributed by atoms with Gasteiger partial charge in [0.2, 0.25) is 11.8 Å². The van der Waals surface area contributed by atoms with E-state index in [-0.39, 0.29) is 67.9 Å². The lowest BCUT2D eigenvalue weighted by atomic mass is 9.86. The second kappa shape index (κ2) is 15.1. The minimum absolute atomic E-state index is 0.0230. The predicted molar refractivity (Wildman–Crippen MR) is 192 cm³/mol. The Hall–Kier alpha value is -5.04. The summed E-state index contributed by atoms with van der Waals surface area (Å²) in [6.45, 7) is 6.67. The van der Waals surface area contributed by atoms with Crippen molar-refractivity contribution in [3.63, 3.8) is 0 Å². The van der Waals surface area contributed by atoms with Crippen molar-refractivity contribution in [1.29, 1.82) is 0 Å². The van der Waals surface area contributed by atoms with Crippen LogP contribution in [0, 0.1) is 0 Å². The Balaban J connectivity index is 0.000000198. The number of piperidine rings is 2. The van der Waals surface area contributed by atoms with Crippen LogP contribution in [0.3, 0.4) is 0 Å². The van der Waals surface area contributed by atoms with Crippen molar-refractivity contribution >= 4 is 81.9 Å². The zero-order chi connectivity index (χ0) is 37.1. The summed E-state index contributed by atoms with van der Waals surface area (Å²) >= 11 is 11.6. The summed E-state index contributed by atoms with van der Waals surface area (Å²) in [6.07, 6.45) is 5.11. The molecule has 11 N–H and O–H groups in total. The Morgan fingerprint density at radius 3 is 1.82 bits per heavy atom. The molecule has 274 valence electrons. The van der Waals surface area contributed by atoms with Crippen LogP contribution in [0.5, 0.6) is 0 Å². The number of amidine groups is 1. The predicted octanol–water partition coefficient (Wildman–Crippen LogP) is 0.352. The zero-order valence-corrected chi connectivity index (χ0v) is 29.8. The highest BCUT2D eigenvalue weighted by Gasteiger charge is 2.41. The molecule has 6 heterocycles. The molecule has 0 aliphatic carbocycles. The highest BCUT2D eigenvalue weighted by atomic mass is 35.5. The van der Waals surface area contributed by atoms with Gasteiger partial charge >= 0.3 is 0 Å². The maximum absolute atomic E-state index is 12.4. The number of anilines is 4. The molecule has 4 amide bonds. The third-order valence-electron chi connectivity index (χ3n) is 9.37. The van der Waals surface area contributed by atoms with Gasteiger partial charge in [0, 0.05) is 45.9 Å². The highest BCUT2D eigenvalue weighted by molar-refractivity contribution is 6.32. The molecule has 0 radical (unpaired) electrons. The third-order valence-corrected chi connectivity index (χ3v) is 9.92. The molecule has 21 heteroatoms. The molecule has 2 saturated heterocycles. The number of rotatable bonds is 3. The maximum Gasteiger partial charge on any atom is 0.280 e. The van der Waals surface area contributed by atoms with Crippen molar-refractivity contribution < 1.29 is 19.2 Å². The van der Waals surface area contributed by atoms with Gasteiger partial charge in [-0.25, -0.2) is 19.9 Å². The van der Waals surface area contributed by atoms with Gasteiger partial charge in [0.15, 0.2) is 50.9 Å². The van der Waals surface area contributed by atoms with E-state index in [1.165, 1.54) is 0 Å². The van der Waals surface area contributed by atoms with Crippen molar-refractivity contribution in [1.82, 2.24) is 45.7 Å². The number of aromatic nitrogens is 4. The number of hydrogen-bond acceptors (Lipinski definition) is 15. The first-order valence-corrected chi connectivity index (χ1v) is 17.1. The Kier molecular flexibility index (Phi) is 11.0. The second-order valence-electron chi connectivity index (χ2n) is 12.8. The number of nitrogens with zero attached hydrogens (tertiary/aromatic N) is 8. The topological polar surface area (TPSA) is 291 Å². The van der Waals surface area contributed by atoms with E-state index in [0.29, 0.717) is 57.4 Å². The van der Waals surface area contributed by atoms with E-state index in [9.17, 15) is 19.2 Å². The lowest BCUT2D eigenvalue weighted by Gasteiger charge is -2.39. The smallest absolute Gasteiger partial charge is 0.280 e. The van der Waals surface area contributed by atoms with Gasteiger partial charge < -0.3 is 43.4 Å². The lowest BCUT2D eigenvalue weighted by molar-refractivity contribution is -0.132. The van der Waals surface area contributed by atoms with E-state index in [0.717, 1.165) is 32.1 Å². The zero-order valence-electron chi connectivity index (χ0n) is 28.3. The van der Waals surface area contributed by atoms with Crippen molar-refractivity contribution in [2.24, 2.45) is 9.98 Å². The summed E-state index contributed by atoms with van der Waals surface area (Å²) in [5.41, 5.74) is 21.8. The fourth-order valence-corrected chi connectivity index (χ4v) is 6.59. The molecule has 0 saturated carbocycles. The molecule has 2 aromatic rings. The summed E-state index contributed by atoms with van der Waals surface area (Å²) in [4.78, 5) is 76.1. The highest BCUT2D eigenvalue weighted by Crippen LogP contribution is 2.35. The summed E-state index contributed by atoms with van der Waals surface area (Å²) in [5, 5.41) is 8.48. The van der Waals surface area contributed by atoms with Gasteiger partial charge in [0.05, 0.1) is 17.6 Å². The summed E-state index contributed by atoms with van der Waals surface area (Å²) < 4.78 is 0. The quantitative estimate of drug-likeness (QED) is 0.223. The number of nitrogens with two attached hydrogens (primary N) is 4. The molecule has 0 aromatic carbocycles. The van der Waals surface area contributed by atoms with Gasteiger partial charge in [-0.05, 0) is 32.1 Å². The number of nitrogen functional groups attached to an aromatic ring is 4. The van der Waals surface area contributed by atoms with E-state index in [1.54, 1.807) is 6.92 Å². The number of likely N-dealkylation sites (tertiary alicyclic amines) is 2. The molecular weight excluding hydrogens is 705 g/mol. The number of aliphatic imine (C=N–C) groups is 2. The Labute approximate surface area is 303 Å². The summed E-state index contributed by atoms with van der Waals surface area (Å²) in [6, 6.07) is 0. The van der Waals surface area contributed by atoms with Gasteiger partial charge in [-0.15, -0.1) is 0 Å². The SMILES string of the molecule is CC(=O)N1CCC2(CCC(NC(=O)c3nc(Cl)c(N)nc3N)=N2)CC1.CCC(=O)N1CCC2(CC1)CN=C(NC(=O)c1nc(Cl)c(N)nc1N)N2. The van der Waals surface area contributed by atoms with E-state index >= 15 is 0 Å². The molecule has 0 atom stereocenters. The van der Waals surface area contributed by atoms with Gasteiger partial charge in [-0.1, -0.05) is 30.1 Å². The molecule has 19 nitrogen and oxygen atoms in total. The molecule has 51 heavy (non-hydrogen) atoms. The van der Waals surface area contributed by atoms with Crippen LogP contribution in [0.4, 0.5) is 23.3 Å². The van der Waals surface area contributed by atoms with E-state index in [1.807, 2.05) is 16.7 Å². The standard InChI is InChI=1S/C15H21ClN8O2.C15H20ClN7O2/c1-2-8(25)24-5-3-15(4-6-24)7-19-14(23-15)22-13(26)9-11(17)21-12(18)10(16)20-9;1-8(24)23-6-4-15(5-7-23)3-2-9(22-15)19-14(25)10-12(17)21-13(18)11(16)20-10/h2-7H2,1H3,(H4,17,18,21)(H2,19,22,23,26);2-7H2,1H3,(H4,17,18,21)(H,19,22,25). The van der Waals surface area contributed by atoms with Crippen LogP contribution in [-0.4, -0.2) is 109 Å². The molecule has 6 rings (SSSR count). The molecule has 2 fully saturated rings. The number of halogens is 2. The van der Waals surface area contributed by atoms with Crippen LogP contribution >= 0.6 is 23.2 Å². The van der Waals surface area contributed by atoms with Crippen LogP contribution in [-0.2, 0) is 9.59 Å². The number of amides is 4. The minimum atomic E-state index is -0.571. The number of hydrogen-bond donors (Lipinski definition) is 7. The fraction of sp³-hybridized carbons (Fsp3) is 0.533. The fourth-order valence-electron chi connectivity index (χ4n) is 6.34.